The van der Waals surface area contributed by atoms with Gasteiger partial charge in [0.1, 0.15) is 11.6 Å². The molecule has 3 N–H and O–H groups in total. The molecule has 0 radical (unpaired) electrons. The molecule has 0 aliphatic carbocycles. The molecule has 0 spiro atoms. The SMILES string of the molecule is CCn1cc(N)c(C(=O)Nc2ccc(F)cc2OC)n1. The highest BCUT2D eigenvalue weighted by Gasteiger charge is 2.16. The minimum atomic E-state index is -0.473. The number of nitrogens with two attached hydrogens (primary N) is 1. The van der Waals surface area contributed by atoms with Crippen LogP contribution in [0.15, 0.2) is 24.4 Å². The number of amides is 1. The molecule has 2 rings (SSSR count). The van der Waals surface area contributed by atoms with Crippen molar-refractivity contribution < 1.29 is 13.9 Å². The summed E-state index contributed by atoms with van der Waals surface area (Å²) in [5, 5.41) is 6.66. The summed E-state index contributed by atoms with van der Waals surface area (Å²) in [6.45, 7) is 2.49. The molecule has 1 aromatic carbocycles. The Morgan fingerprint density at radius 3 is 2.90 bits per heavy atom. The number of nitrogen functional groups attached to an aromatic ring is 1. The summed E-state index contributed by atoms with van der Waals surface area (Å²) >= 11 is 0. The number of anilines is 2. The highest BCUT2D eigenvalue weighted by molar-refractivity contribution is 6.06. The number of carbonyl (C=O) groups is 1. The maximum atomic E-state index is 13.1. The molecule has 0 atom stereocenters. The van der Waals surface area contributed by atoms with Crippen molar-refractivity contribution in [3.8, 4) is 5.75 Å². The number of nitrogens with zero attached hydrogens (tertiary/aromatic N) is 2. The van der Waals surface area contributed by atoms with Crippen molar-refractivity contribution in [2.24, 2.45) is 0 Å². The summed E-state index contributed by atoms with van der Waals surface area (Å²) in [4.78, 5) is 12.1. The van der Waals surface area contributed by atoms with Crippen LogP contribution in [0, 0.1) is 5.82 Å². The molecule has 0 saturated heterocycles. The number of ether oxygens (including phenoxy) is 1. The van der Waals surface area contributed by atoms with E-state index in [2.05, 4.69) is 10.4 Å². The average molecular weight is 278 g/mol. The van der Waals surface area contributed by atoms with Gasteiger partial charge < -0.3 is 15.8 Å². The molecular formula is C13H15FN4O2. The first-order valence-corrected chi connectivity index (χ1v) is 6.03. The molecule has 0 aliphatic rings. The van der Waals surface area contributed by atoms with Crippen LogP contribution in [0.3, 0.4) is 0 Å². The van der Waals surface area contributed by atoms with Gasteiger partial charge in [-0.2, -0.15) is 5.10 Å². The molecule has 2 aromatic rings. The van der Waals surface area contributed by atoms with Crippen molar-refractivity contribution >= 4 is 17.3 Å². The average Bonchev–Trinajstić information content (AvgIpc) is 2.82. The first-order valence-electron chi connectivity index (χ1n) is 6.03. The Kier molecular flexibility index (Phi) is 3.88. The third kappa shape index (κ3) is 2.71. The lowest BCUT2D eigenvalue weighted by molar-refractivity contribution is 0.102. The van der Waals surface area contributed by atoms with Crippen molar-refractivity contribution in [1.82, 2.24) is 9.78 Å². The molecule has 106 valence electrons. The van der Waals surface area contributed by atoms with Gasteiger partial charge in [0.25, 0.3) is 5.91 Å². The highest BCUT2D eigenvalue weighted by atomic mass is 19.1. The van der Waals surface area contributed by atoms with Crippen LogP contribution in [0.5, 0.6) is 5.75 Å². The Bertz CT molecular complexity index is 639. The lowest BCUT2D eigenvalue weighted by Crippen LogP contribution is -2.15. The van der Waals surface area contributed by atoms with Gasteiger partial charge in [-0.05, 0) is 19.1 Å². The van der Waals surface area contributed by atoms with Crippen LogP contribution in [0.2, 0.25) is 0 Å². The lowest BCUT2D eigenvalue weighted by atomic mass is 10.2. The smallest absolute Gasteiger partial charge is 0.278 e. The summed E-state index contributed by atoms with van der Waals surface area (Å²) in [5.41, 5.74) is 6.49. The fraction of sp³-hybridized carbons (Fsp3) is 0.231. The van der Waals surface area contributed by atoms with E-state index in [1.54, 1.807) is 10.9 Å². The van der Waals surface area contributed by atoms with Gasteiger partial charge in [0.2, 0.25) is 0 Å². The fourth-order valence-corrected chi connectivity index (χ4v) is 1.73. The largest absolute Gasteiger partial charge is 0.494 e. The quantitative estimate of drug-likeness (QED) is 0.894. The number of methoxy groups -OCH3 is 1. The van der Waals surface area contributed by atoms with Crippen molar-refractivity contribution in [3.05, 3.63) is 35.9 Å². The number of halogens is 1. The molecule has 1 amide bonds. The maximum absolute atomic E-state index is 13.1. The Hall–Kier alpha value is -2.57. The van der Waals surface area contributed by atoms with E-state index in [1.165, 1.54) is 25.3 Å². The molecule has 0 unspecified atom stereocenters. The van der Waals surface area contributed by atoms with Gasteiger partial charge in [-0.3, -0.25) is 9.48 Å². The number of aryl methyl sites for hydroxylation is 1. The second kappa shape index (κ2) is 5.60. The summed E-state index contributed by atoms with van der Waals surface area (Å²) in [5.74, 6) is -0.693. The topological polar surface area (TPSA) is 82.2 Å². The lowest BCUT2D eigenvalue weighted by Gasteiger charge is -2.09. The van der Waals surface area contributed by atoms with Gasteiger partial charge in [0.15, 0.2) is 5.69 Å². The number of benzene rings is 1. The van der Waals surface area contributed by atoms with Crippen LogP contribution in [-0.2, 0) is 6.54 Å². The van der Waals surface area contributed by atoms with Crippen molar-refractivity contribution in [2.45, 2.75) is 13.5 Å². The monoisotopic (exact) mass is 278 g/mol. The van der Waals surface area contributed by atoms with Gasteiger partial charge in [-0.25, -0.2) is 4.39 Å². The first kappa shape index (κ1) is 13.9. The molecule has 0 saturated carbocycles. The molecule has 0 fully saturated rings. The number of aromatic nitrogens is 2. The molecule has 1 heterocycles. The van der Waals surface area contributed by atoms with E-state index in [4.69, 9.17) is 10.5 Å². The van der Waals surface area contributed by atoms with Crippen LogP contribution in [-0.4, -0.2) is 22.8 Å². The van der Waals surface area contributed by atoms with Crippen LogP contribution >= 0.6 is 0 Å². The molecule has 0 bridgehead atoms. The van der Waals surface area contributed by atoms with Gasteiger partial charge in [0, 0.05) is 18.8 Å². The van der Waals surface area contributed by atoms with E-state index in [0.717, 1.165) is 0 Å². The van der Waals surface area contributed by atoms with Gasteiger partial charge in [0.05, 0.1) is 18.5 Å². The molecule has 6 nitrogen and oxygen atoms in total. The number of nitrogens with one attached hydrogen (secondary N) is 1. The Balaban J connectivity index is 2.25. The van der Waals surface area contributed by atoms with E-state index in [-0.39, 0.29) is 17.1 Å². The second-order valence-corrected chi connectivity index (χ2v) is 4.09. The van der Waals surface area contributed by atoms with E-state index >= 15 is 0 Å². The summed E-state index contributed by atoms with van der Waals surface area (Å²) in [6, 6.07) is 3.83. The third-order valence-electron chi connectivity index (χ3n) is 2.74. The molecule has 0 aliphatic heterocycles. The van der Waals surface area contributed by atoms with E-state index in [1.807, 2.05) is 6.92 Å². The Morgan fingerprint density at radius 2 is 2.30 bits per heavy atom. The first-order chi connectivity index (χ1) is 9.55. The van der Waals surface area contributed by atoms with Crippen molar-refractivity contribution in [2.75, 3.05) is 18.2 Å². The van der Waals surface area contributed by atoms with E-state index in [9.17, 15) is 9.18 Å². The molecule has 1 aromatic heterocycles. The maximum Gasteiger partial charge on any atom is 0.278 e. The van der Waals surface area contributed by atoms with Crippen LogP contribution in [0.4, 0.5) is 15.8 Å². The Morgan fingerprint density at radius 1 is 1.55 bits per heavy atom. The normalized spacial score (nSPS) is 10.3. The predicted molar refractivity (Wildman–Crippen MR) is 73.2 cm³/mol. The Labute approximate surface area is 115 Å². The number of rotatable bonds is 4. The zero-order chi connectivity index (χ0) is 14.7. The molecular weight excluding hydrogens is 263 g/mol. The number of hydrogen-bond acceptors (Lipinski definition) is 4. The predicted octanol–water partition coefficient (Wildman–Crippen LogP) is 1.89. The molecule has 20 heavy (non-hydrogen) atoms. The van der Waals surface area contributed by atoms with E-state index < -0.39 is 11.7 Å². The third-order valence-corrected chi connectivity index (χ3v) is 2.74. The zero-order valence-corrected chi connectivity index (χ0v) is 11.2. The minimum Gasteiger partial charge on any atom is -0.494 e. The van der Waals surface area contributed by atoms with Crippen molar-refractivity contribution in [1.29, 1.82) is 0 Å². The second-order valence-electron chi connectivity index (χ2n) is 4.09. The van der Waals surface area contributed by atoms with Gasteiger partial charge >= 0.3 is 0 Å². The number of hydrogen-bond donors (Lipinski definition) is 2. The highest BCUT2D eigenvalue weighted by Crippen LogP contribution is 2.25. The van der Waals surface area contributed by atoms with Crippen LogP contribution < -0.4 is 15.8 Å². The number of carbonyl (C=O) groups excluding carboxylic acids is 1. The van der Waals surface area contributed by atoms with Gasteiger partial charge in [-0.15, -0.1) is 0 Å². The summed E-state index contributed by atoms with van der Waals surface area (Å²) in [7, 11) is 1.39. The van der Waals surface area contributed by atoms with Crippen LogP contribution in [0.1, 0.15) is 17.4 Å². The van der Waals surface area contributed by atoms with Crippen LogP contribution in [0.25, 0.3) is 0 Å². The fourth-order valence-electron chi connectivity index (χ4n) is 1.73. The van der Waals surface area contributed by atoms with Crippen molar-refractivity contribution in [3.63, 3.8) is 0 Å². The molecule has 7 heteroatoms. The zero-order valence-electron chi connectivity index (χ0n) is 11.2. The summed E-state index contributed by atoms with van der Waals surface area (Å²) < 4.78 is 19.6. The summed E-state index contributed by atoms with van der Waals surface area (Å²) in [6.07, 6.45) is 1.58. The standard InChI is InChI=1S/C13H15FN4O2/c1-3-18-7-9(15)12(17-18)13(19)16-10-5-4-8(14)6-11(10)20-2/h4-7H,3,15H2,1-2H3,(H,16,19). The van der Waals surface area contributed by atoms with E-state index in [0.29, 0.717) is 12.2 Å². The van der Waals surface area contributed by atoms with Gasteiger partial charge in [-0.1, -0.05) is 0 Å². The minimum absolute atomic E-state index is 0.123.